The Morgan fingerprint density at radius 1 is 1.18 bits per heavy atom. The minimum atomic E-state index is -0.724. The van der Waals surface area contributed by atoms with Crippen LogP contribution in [-0.2, 0) is 20.7 Å². The molecule has 0 radical (unpaired) electrons. The molecular formula is C20H30N4O4. The Hall–Kier alpha value is -2.73. The molecule has 0 unspecified atom stereocenters. The Morgan fingerprint density at radius 2 is 1.93 bits per heavy atom. The van der Waals surface area contributed by atoms with E-state index in [4.69, 9.17) is 15.0 Å². The van der Waals surface area contributed by atoms with Crippen molar-refractivity contribution >= 4 is 11.9 Å². The van der Waals surface area contributed by atoms with E-state index in [-0.39, 0.29) is 12.5 Å². The third kappa shape index (κ3) is 9.83. The van der Waals surface area contributed by atoms with E-state index >= 15 is 0 Å². The number of ether oxygens (including phenoxy) is 2. The van der Waals surface area contributed by atoms with Crippen molar-refractivity contribution in [2.45, 2.75) is 58.4 Å². The zero-order valence-electron chi connectivity index (χ0n) is 16.7. The van der Waals surface area contributed by atoms with Crippen LogP contribution in [0.15, 0.2) is 29.4 Å². The van der Waals surface area contributed by atoms with E-state index in [9.17, 15) is 9.59 Å². The lowest BCUT2D eigenvalue weighted by Gasteiger charge is -2.18. The van der Waals surface area contributed by atoms with Gasteiger partial charge in [0.2, 0.25) is 5.91 Å². The molecule has 0 aliphatic heterocycles. The van der Waals surface area contributed by atoms with E-state index < -0.39 is 12.0 Å². The normalized spacial score (nSPS) is 11.2. The van der Waals surface area contributed by atoms with E-state index in [1.54, 1.807) is 6.92 Å². The van der Waals surface area contributed by atoms with Crippen LogP contribution >= 0.6 is 0 Å². The molecule has 0 spiro atoms. The number of carbonyl (C=O) groups excluding carboxylic acids is 2. The molecule has 0 bridgehead atoms. The van der Waals surface area contributed by atoms with Crippen LogP contribution in [0.1, 0.15) is 51.5 Å². The fourth-order valence-corrected chi connectivity index (χ4v) is 2.57. The van der Waals surface area contributed by atoms with Crippen LogP contribution in [0.3, 0.4) is 0 Å². The fourth-order valence-electron chi connectivity index (χ4n) is 2.57. The van der Waals surface area contributed by atoms with Gasteiger partial charge in [0.15, 0.2) is 0 Å². The monoisotopic (exact) mass is 390 g/mol. The first-order valence-corrected chi connectivity index (χ1v) is 9.79. The molecular weight excluding hydrogens is 360 g/mol. The molecule has 8 nitrogen and oxygen atoms in total. The van der Waals surface area contributed by atoms with E-state index in [0.29, 0.717) is 32.4 Å². The van der Waals surface area contributed by atoms with Crippen LogP contribution in [0.5, 0.6) is 5.75 Å². The standard InChI is InChI=1S/C20H30N4O4/c1-3-14-28-17-11-9-16(10-12-17)15-18(20(26)27-4-2)23-19(25)8-6-5-7-13-22-24-21/h9-12,18H,3-8,13-15H2,1-2H3,(H,23,25)/t18-/m0/s1. The molecule has 1 rings (SSSR count). The quantitative estimate of drug-likeness (QED) is 0.170. The maximum absolute atomic E-state index is 12.2. The SMILES string of the molecule is CCCOc1ccc(C[C@H](NC(=O)CCCCCN=[N+]=[N-])C(=O)OCC)cc1. The Kier molecular flexibility index (Phi) is 11.9. The van der Waals surface area contributed by atoms with E-state index in [0.717, 1.165) is 30.6 Å². The van der Waals surface area contributed by atoms with Gasteiger partial charge in [0.1, 0.15) is 11.8 Å². The van der Waals surface area contributed by atoms with Gasteiger partial charge in [-0.1, -0.05) is 30.6 Å². The summed E-state index contributed by atoms with van der Waals surface area (Å²) in [6.07, 6.45) is 3.81. The number of carbonyl (C=O) groups is 2. The van der Waals surface area contributed by atoms with Gasteiger partial charge in [0.25, 0.3) is 0 Å². The van der Waals surface area contributed by atoms with Gasteiger partial charge in [-0.3, -0.25) is 4.79 Å². The summed E-state index contributed by atoms with van der Waals surface area (Å²) >= 11 is 0. The van der Waals surface area contributed by atoms with Crippen LogP contribution in [0, 0.1) is 0 Å². The number of azide groups is 1. The van der Waals surface area contributed by atoms with Gasteiger partial charge in [-0.25, -0.2) is 4.79 Å². The van der Waals surface area contributed by atoms with Gasteiger partial charge in [0.05, 0.1) is 13.2 Å². The lowest BCUT2D eigenvalue weighted by Crippen LogP contribution is -2.43. The maximum atomic E-state index is 12.2. The molecule has 0 aromatic heterocycles. The molecule has 0 aliphatic carbocycles. The lowest BCUT2D eigenvalue weighted by molar-refractivity contribution is -0.147. The number of nitrogens with one attached hydrogen (secondary N) is 1. The second-order valence-corrected chi connectivity index (χ2v) is 6.33. The van der Waals surface area contributed by atoms with Crippen molar-refractivity contribution in [2.75, 3.05) is 19.8 Å². The molecule has 154 valence electrons. The van der Waals surface area contributed by atoms with Crippen LogP contribution < -0.4 is 10.1 Å². The first-order valence-electron chi connectivity index (χ1n) is 9.79. The summed E-state index contributed by atoms with van der Waals surface area (Å²) in [6.45, 7) is 5.13. The molecule has 28 heavy (non-hydrogen) atoms. The summed E-state index contributed by atoms with van der Waals surface area (Å²) in [5.74, 6) is 0.151. The number of hydrogen-bond acceptors (Lipinski definition) is 5. The molecule has 0 heterocycles. The summed E-state index contributed by atoms with van der Waals surface area (Å²) in [6, 6.07) is 6.77. The first-order chi connectivity index (χ1) is 13.6. The summed E-state index contributed by atoms with van der Waals surface area (Å²) in [4.78, 5) is 27.1. The van der Waals surface area contributed by atoms with Crippen molar-refractivity contribution in [1.29, 1.82) is 0 Å². The fraction of sp³-hybridized carbons (Fsp3) is 0.600. The molecule has 1 amide bonds. The molecule has 0 saturated heterocycles. The van der Waals surface area contributed by atoms with Gasteiger partial charge in [-0.05, 0) is 49.4 Å². The molecule has 1 aromatic rings. The van der Waals surface area contributed by atoms with E-state index in [2.05, 4.69) is 15.3 Å². The predicted molar refractivity (Wildman–Crippen MR) is 107 cm³/mol. The number of rotatable bonds is 14. The number of esters is 1. The second-order valence-electron chi connectivity index (χ2n) is 6.33. The van der Waals surface area contributed by atoms with Gasteiger partial charge in [-0.15, -0.1) is 0 Å². The Labute approximate surface area is 166 Å². The predicted octanol–water partition coefficient (Wildman–Crippen LogP) is 3.94. The highest BCUT2D eigenvalue weighted by molar-refractivity contribution is 5.84. The van der Waals surface area contributed by atoms with Crippen LogP contribution in [0.25, 0.3) is 10.4 Å². The van der Waals surface area contributed by atoms with Crippen molar-refractivity contribution in [2.24, 2.45) is 5.11 Å². The molecule has 1 atom stereocenters. The maximum Gasteiger partial charge on any atom is 0.328 e. The van der Waals surface area contributed by atoms with Crippen molar-refractivity contribution in [3.63, 3.8) is 0 Å². The topological polar surface area (TPSA) is 113 Å². The zero-order valence-corrected chi connectivity index (χ0v) is 16.7. The number of nitrogens with zero attached hydrogens (tertiary/aromatic N) is 3. The van der Waals surface area contributed by atoms with E-state index in [1.165, 1.54) is 0 Å². The van der Waals surface area contributed by atoms with Crippen LogP contribution in [-0.4, -0.2) is 37.7 Å². The average molecular weight is 390 g/mol. The van der Waals surface area contributed by atoms with Crippen LogP contribution in [0.2, 0.25) is 0 Å². The lowest BCUT2D eigenvalue weighted by atomic mass is 10.1. The highest BCUT2D eigenvalue weighted by Crippen LogP contribution is 2.14. The molecule has 0 aliphatic rings. The molecule has 0 fully saturated rings. The van der Waals surface area contributed by atoms with Gasteiger partial charge < -0.3 is 14.8 Å². The summed E-state index contributed by atoms with van der Waals surface area (Å²) < 4.78 is 10.7. The minimum absolute atomic E-state index is 0.190. The van der Waals surface area contributed by atoms with Crippen LogP contribution in [0.4, 0.5) is 0 Å². The average Bonchev–Trinajstić information content (AvgIpc) is 2.69. The van der Waals surface area contributed by atoms with Crippen molar-refractivity contribution in [3.8, 4) is 5.75 Å². The number of benzene rings is 1. The number of unbranched alkanes of at least 4 members (excludes halogenated alkanes) is 2. The van der Waals surface area contributed by atoms with Gasteiger partial charge >= 0.3 is 5.97 Å². The Bertz CT molecular complexity index is 642. The zero-order chi connectivity index (χ0) is 20.6. The minimum Gasteiger partial charge on any atom is -0.494 e. The summed E-state index contributed by atoms with van der Waals surface area (Å²) in [7, 11) is 0. The van der Waals surface area contributed by atoms with E-state index in [1.807, 2.05) is 31.2 Å². The number of hydrogen-bond donors (Lipinski definition) is 1. The second kappa shape index (κ2) is 14.3. The summed E-state index contributed by atoms with van der Waals surface area (Å²) in [5, 5.41) is 6.23. The van der Waals surface area contributed by atoms with Crippen molar-refractivity contribution < 1.29 is 19.1 Å². The molecule has 1 aromatic carbocycles. The van der Waals surface area contributed by atoms with Crippen molar-refractivity contribution in [1.82, 2.24) is 5.32 Å². The highest BCUT2D eigenvalue weighted by atomic mass is 16.5. The van der Waals surface area contributed by atoms with Gasteiger partial charge in [0, 0.05) is 24.3 Å². The summed E-state index contributed by atoms with van der Waals surface area (Å²) in [5.41, 5.74) is 9.14. The Morgan fingerprint density at radius 3 is 2.57 bits per heavy atom. The first kappa shape index (κ1) is 23.3. The smallest absolute Gasteiger partial charge is 0.328 e. The number of amides is 1. The molecule has 1 N–H and O–H groups in total. The largest absolute Gasteiger partial charge is 0.494 e. The van der Waals surface area contributed by atoms with Gasteiger partial charge in [-0.2, -0.15) is 0 Å². The highest BCUT2D eigenvalue weighted by Gasteiger charge is 2.22. The Balaban J connectivity index is 2.56. The molecule has 0 saturated carbocycles. The third-order valence-corrected chi connectivity index (χ3v) is 3.97. The van der Waals surface area contributed by atoms with Crippen molar-refractivity contribution in [3.05, 3.63) is 40.3 Å². The molecule has 8 heteroatoms. The third-order valence-electron chi connectivity index (χ3n) is 3.97.